The van der Waals surface area contributed by atoms with E-state index >= 15 is 0 Å². The molecule has 0 fully saturated rings. The third-order valence-corrected chi connectivity index (χ3v) is 4.90. The summed E-state index contributed by atoms with van der Waals surface area (Å²) < 4.78 is 5.38. The summed E-state index contributed by atoms with van der Waals surface area (Å²) in [5, 5.41) is 17.2. The number of rotatable bonds is 4. The molecule has 0 radical (unpaired) electrons. The van der Waals surface area contributed by atoms with E-state index < -0.39 is 22.6 Å². The van der Waals surface area contributed by atoms with Crippen LogP contribution >= 0.6 is 0 Å². The maximum absolute atomic E-state index is 13.0. The van der Waals surface area contributed by atoms with E-state index in [1.54, 1.807) is 32.9 Å². The van der Waals surface area contributed by atoms with Gasteiger partial charge in [-0.05, 0) is 54.1 Å². The number of pyridine rings is 1. The minimum absolute atomic E-state index is 0.207. The molecule has 0 bridgehead atoms. The fourth-order valence-corrected chi connectivity index (χ4v) is 3.24. The van der Waals surface area contributed by atoms with Crippen LogP contribution in [0.15, 0.2) is 80.1 Å². The molecular formula is C22H21N5O3. The van der Waals surface area contributed by atoms with Crippen LogP contribution in [0, 0.1) is 5.41 Å². The highest BCUT2D eigenvalue weighted by molar-refractivity contribution is 5.95. The number of hydrogen-bond acceptors (Lipinski definition) is 7. The third-order valence-electron chi connectivity index (χ3n) is 4.90. The van der Waals surface area contributed by atoms with E-state index in [1.807, 2.05) is 42.5 Å². The molecule has 0 aliphatic carbocycles. The van der Waals surface area contributed by atoms with Crippen LogP contribution in [0.1, 0.15) is 26.3 Å². The first-order valence-electron chi connectivity index (χ1n) is 9.53. The van der Waals surface area contributed by atoms with Gasteiger partial charge >= 0.3 is 5.97 Å². The zero-order valence-electron chi connectivity index (χ0n) is 16.9. The molecule has 0 atom stereocenters. The number of esters is 1. The van der Waals surface area contributed by atoms with Gasteiger partial charge in [0, 0.05) is 11.3 Å². The summed E-state index contributed by atoms with van der Waals surface area (Å²) >= 11 is 0. The lowest BCUT2D eigenvalue weighted by atomic mass is 9.97. The van der Waals surface area contributed by atoms with Crippen LogP contribution in [0.5, 0.6) is 0 Å². The largest absolute Gasteiger partial charge is 0.460 e. The number of H-pyrrole nitrogens is 1. The Morgan fingerprint density at radius 2 is 1.70 bits per heavy atom. The van der Waals surface area contributed by atoms with Crippen molar-refractivity contribution in [1.82, 2.24) is 4.98 Å². The normalized spacial score (nSPS) is 14.9. The number of carbonyl (C=O) groups excluding carboxylic acids is 1. The van der Waals surface area contributed by atoms with Crippen LogP contribution in [-0.4, -0.2) is 17.6 Å². The van der Waals surface area contributed by atoms with E-state index in [-0.39, 0.29) is 12.2 Å². The number of hydrogen-bond donors (Lipinski definition) is 1. The maximum atomic E-state index is 13.0. The van der Waals surface area contributed by atoms with E-state index in [4.69, 9.17) is 4.74 Å². The van der Waals surface area contributed by atoms with Crippen LogP contribution in [0.25, 0.3) is 22.0 Å². The van der Waals surface area contributed by atoms with Crippen molar-refractivity contribution in [3.63, 3.8) is 0 Å². The van der Waals surface area contributed by atoms with Gasteiger partial charge in [0.25, 0.3) is 11.2 Å². The van der Waals surface area contributed by atoms with Gasteiger partial charge in [-0.15, -0.1) is 10.2 Å². The number of ether oxygens (including phenoxy) is 1. The second-order valence-electron chi connectivity index (χ2n) is 8.16. The lowest BCUT2D eigenvalue weighted by Crippen LogP contribution is -2.35. The first-order chi connectivity index (χ1) is 14.3. The fourth-order valence-electron chi connectivity index (χ4n) is 3.24. The van der Waals surface area contributed by atoms with Crippen molar-refractivity contribution in [2.45, 2.75) is 26.4 Å². The summed E-state index contributed by atoms with van der Waals surface area (Å²) in [6.07, 6.45) is 0. The average Bonchev–Trinajstić information content (AvgIpc) is 3.20. The minimum atomic E-state index is -1.48. The molecule has 1 aliphatic rings. The number of nitrogens with one attached hydrogen (secondary N) is 1. The van der Waals surface area contributed by atoms with Gasteiger partial charge in [-0.1, -0.05) is 42.5 Å². The molecule has 3 aromatic rings. The molecule has 0 amide bonds. The van der Waals surface area contributed by atoms with Crippen molar-refractivity contribution in [2.75, 3.05) is 6.61 Å². The SMILES string of the molecule is CC(C)(C)C(=O)OCC1(c2ccc(-c3cccc4ccccc34)[nH]c2=O)N=NN=N1. The maximum Gasteiger partial charge on any atom is 0.311 e. The Labute approximate surface area is 172 Å². The smallest absolute Gasteiger partial charge is 0.311 e. The lowest BCUT2D eigenvalue weighted by Gasteiger charge is -2.22. The summed E-state index contributed by atoms with van der Waals surface area (Å²) in [5.41, 5.74) is -0.802. The zero-order valence-corrected chi connectivity index (χ0v) is 16.9. The average molecular weight is 403 g/mol. The number of carbonyl (C=O) groups is 1. The monoisotopic (exact) mass is 403 g/mol. The summed E-state index contributed by atoms with van der Waals surface area (Å²) in [7, 11) is 0. The van der Waals surface area contributed by atoms with Crippen molar-refractivity contribution in [2.24, 2.45) is 26.1 Å². The van der Waals surface area contributed by atoms with E-state index in [2.05, 4.69) is 25.7 Å². The molecule has 30 heavy (non-hydrogen) atoms. The van der Waals surface area contributed by atoms with Crippen molar-refractivity contribution in [1.29, 1.82) is 0 Å². The number of aromatic amines is 1. The van der Waals surface area contributed by atoms with Gasteiger partial charge in [-0.3, -0.25) is 9.59 Å². The number of nitrogens with zero attached hydrogens (tertiary/aromatic N) is 4. The van der Waals surface area contributed by atoms with Crippen LogP contribution in [0.4, 0.5) is 0 Å². The predicted octanol–water partition coefficient (Wildman–Crippen LogP) is 4.77. The molecule has 8 heteroatoms. The number of aromatic nitrogens is 1. The topological polar surface area (TPSA) is 109 Å². The standard InChI is InChI=1S/C22H21N5O3/c1-21(2,3)20(29)30-13-22(24-26-27-25-22)17-11-12-18(23-19(17)28)16-10-6-8-14-7-4-5-9-15(14)16/h4-12H,13H2,1-3H3,(H,23,28). The summed E-state index contributed by atoms with van der Waals surface area (Å²) in [4.78, 5) is 28.1. The molecule has 0 saturated heterocycles. The number of fused-ring (bicyclic) bond motifs is 1. The molecule has 8 nitrogen and oxygen atoms in total. The molecule has 1 aromatic heterocycles. The Balaban J connectivity index is 1.71. The van der Waals surface area contributed by atoms with E-state index in [0.29, 0.717) is 5.69 Å². The van der Waals surface area contributed by atoms with Crippen molar-refractivity contribution < 1.29 is 9.53 Å². The number of benzene rings is 2. The molecule has 1 N–H and O–H groups in total. The van der Waals surface area contributed by atoms with Gasteiger partial charge in [0.2, 0.25) is 0 Å². The van der Waals surface area contributed by atoms with Gasteiger partial charge in [-0.25, -0.2) is 0 Å². The molecule has 0 saturated carbocycles. The molecule has 0 spiro atoms. The predicted molar refractivity (Wildman–Crippen MR) is 112 cm³/mol. The Bertz CT molecular complexity index is 1220. The van der Waals surface area contributed by atoms with Gasteiger partial charge in [-0.2, -0.15) is 0 Å². The molecular weight excluding hydrogens is 382 g/mol. The van der Waals surface area contributed by atoms with E-state index in [0.717, 1.165) is 16.3 Å². The summed E-state index contributed by atoms with van der Waals surface area (Å²) in [5.74, 6) is -0.428. The van der Waals surface area contributed by atoms with Crippen molar-refractivity contribution in [3.8, 4) is 11.3 Å². The highest BCUT2D eigenvalue weighted by Crippen LogP contribution is 2.33. The molecule has 4 rings (SSSR count). The lowest BCUT2D eigenvalue weighted by molar-refractivity contribution is -0.154. The van der Waals surface area contributed by atoms with Crippen LogP contribution < -0.4 is 5.56 Å². The molecule has 2 aromatic carbocycles. The molecule has 2 heterocycles. The Morgan fingerprint density at radius 3 is 2.40 bits per heavy atom. The quantitative estimate of drug-likeness (QED) is 0.634. The highest BCUT2D eigenvalue weighted by atomic mass is 16.5. The van der Waals surface area contributed by atoms with Crippen molar-refractivity contribution in [3.05, 3.63) is 70.5 Å². The Kier molecular flexibility index (Phi) is 4.77. The zero-order chi connectivity index (χ0) is 21.4. The highest BCUT2D eigenvalue weighted by Gasteiger charge is 2.41. The van der Waals surface area contributed by atoms with Crippen molar-refractivity contribution >= 4 is 16.7 Å². The van der Waals surface area contributed by atoms with Crippen LogP contribution in [0.3, 0.4) is 0 Å². The first kappa shape index (κ1) is 19.6. The van der Waals surface area contributed by atoms with Crippen LogP contribution in [-0.2, 0) is 15.2 Å². The second-order valence-corrected chi connectivity index (χ2v) is 8.16. The molecule has 0 unspecified atom stereocenters. The first-order valence-corrected chi connectivity index (χ1v) is 9.53. The van der Waals surface area contributed by atoms with Gasteiger partial charge in [0.1, 0.15) is 6.61 Å². The Hall–Kier alpha value is -3.68. The van der Waals surface area contributed by atoms with Gasteiger partial charge < -0.3 is 9.72 Å². The third kappa shape index (κ3) is 3.52. The van der Waals surface area contributed by atoms with E-state index in [1.165, 1.54) is 0 Å². The summed E-state index contributed by atoms with van der Waals surface area (Å²) in [6, 6.07) is 17.3. The summed E-state index contributed by atoms with van der Waals surface area (Å²) in [6.45, 7) is 4.97. The van der Waals surface area contributed by atoms with Gasteiger partial charge in [0.05, 0.1) is 11.0 Å². The van der Waals surface area contributed by atoms with E-state index in [9.17, 15) is 9.59 Å². The fraction of sp³-hybridized carbons (Fsp3) is 0.273. The van der Waals surface area contributed by atoms with Gasteiger partial charge in [0.15, 0.2) is 0 Å². The molecule has 1 aliphatic heterocycles. The Morgan fingerprint density at radius 1 is 1.00 bits per heavy atom. The second kappa shape index (κ2) is 7.29. The minimum Gasteiger partial charge on any atom is -0.460 e. The molecule has 152 valence electrons. The van der Waals surface area contributed by atoms with Crippen LogP contribution in [0.2, 0.25) is 0 Å².